The van der Waals surface area contributed by atoms with E-state index in [2.05, 4.69) is 8.37 Å². The average molecular weight is 152 g/mol. The van der Waals surface area contributed by atoms with E-state index in [4.69, 9.17) is 5.11 Å². The van der Waals surface area contributed by atoms with E-state index >= 15 is 0 Å². The Hall–Kier alpha value is 0.0300. The summed E-state index contributed by atoms with van der Waals surface area (Å²) in [6, 6.07) is 0. The van der Waals surface area contributed by atoms with E-state index < -0.39 is 11.4 Å². The first-order valence-corrected chi connectivity index (χ1v) is 3.66. The Labute approximate surface area is 55.6 Å². The molecule has 1 rings (SSSR count). The number of hydrogen-bond acceptors (Lipinski definition) is 4. The zero-order valence-electron chi connectivity index (χ0n) is 4.78. The molecule has 0 radical (unpaired) electrons. The molecule has 5 heteroatoms. The maximum Gasteiger partial charge on any atom is 0.304 e. The Balaban J connectivity index is 2.32. The molecule has 2 unspecified atom stereocenters. The molecule has 54 valence electrons. The molecular formula is C4H8O4S. The molecule has 0 aliphatic carbocycles. The molecule has 0 aromatic heterocycles. The number of aliphatic hydroxyl groups is 1. The van der Waals surface area contributed by atoms with E-state index in [1.54, 1.807) is 0 Å². The molecule has 0 amide bonds. The Morgan fingerprint density at radius 1 is 1.78 bits per heavy atom. The summed E-state index contributed by atoms with van der Waals surface area (Å²) in [7, 11) is 0. The van der Waals surface area contributed by atoms with Crippen molar-refractivity contribution in [3.05, 3.63) is 0 Å². The SMILES string of the molecule is O=S1OCCC(CO)O1. The van der Waals surface area contributed by atoms with Crippen molar-refractivity contribution in [1.29, 1.82) is 0 Å². The van der Waals surface area contributed by atoms with Crippen molar-refractivity contribution in [2.45, 2.75) is 12.5 Å². The van der Waals surface area contributed by atoms with E-state index in [1.165, 1.54) is 0 Å². The molecule has 9 heavy (non-hydrogen) atoms. The highest BCUT2D eigenvalue weighted by atomic mass is 32.2. The summed E-state index contributed by atoms with van der Waals surface area (Å²) < 4.78 is 19.6. The molecule has 1 heterocycles. The summed E-state index contributed by atoms with van der Waals surface area (Å²) in [5, 5.41) is 8.49. The zero-order valence-corrected chi connectivity index (χ0v) is 5.60. The van der Waals surface area contributed by atoms with Crippen molar-refractivity contribution < 1.29 is 17.7 Å². The van der Waals surface area contributed by atoms with Gasteiger partial charge in [0.2, 0.25) is 0 Å². The van der Waals surface area contributed by atoms with Crippen LogP contribution in [0.25, 0.3) is 0 Å². The summed E-state index contributed by atoms with van der Waals surface area (Å²) in [4.78, 5) is 0. The van der Waals surface area contributed by atoms with Gasteiger partial charge in [0.15, 0.2) is 0 Å². The van der Waals surface area contributed by atoms with Crippen LogP contribution in [0.15, 0.2) is 0 Å². The second kappa shape index (κ2) is 3.26. The van der Waals surface area contributed by atoms with Crippen LogP contribution in [0.4, 0.5) is 0 Å². The van der Waals surface area contributed by atoms with Gasteiger partial charge >= 0.3 is 11.4 Å². The maximum atomic E-state index is 10.4. The highest BCUT2D eigenvalue weighted by Crippen LogP contribution is 2.08. The van der Waals surface area contributed by atoms with Crippen LogP contribution in [0, 0.1) is 0 Å². The van der Waals surface area contributed by atoms with Crippen LogP contribution in [-0.4, -0.2) is 28.6 Å². The third kappa shape index (κ3) is 2.02. The van der Waals surface area contributed by atoms with Crippen molar-refractivity contribution >= 4 is 11.4 Å². The highest BCUT2D eigenvalue weighted by molar-refractivity contribution is 7.75. The van der Waals surface area contributed by atoms with E-state index in [0.717, 1.165) is 0 Å². The smallest absolute Gasteiger partial charge is 0.304 e. The van der Waals surface area contributed by atoms with Gasteiger partial charge in [-0.25, -0.2) is 0 Å². The average Bonchev–Trinajstić information content (AvgIpc) is 1.88. The lowest BCUT2D eigenvalue weighted by Gasteiger charge is -2.17. The lowest BCUT2D eigenvalue weighted by molar-refractivity contribution is 0.0640. The van der Waals surface area contributed by atoms with Crippen LogP contribution in [-0.2, 0) is 19.7 Å². The summed E-state index contributed by atoms with van der Waals surface area (Å²) >= 11 is -1.63. The quantitative estimate of drug-likeness (QED) is 0.543. The van der Waals surface area contributed by atoms with E-state index in [9.17, 15) is 4.21 Å². The summed E-state index contributed by atoms with van der Waals surface area (Å²) in [6.07, 6.45) is 0.307. The molecule has 4 nitrogen and oxygen atoms in total. The van der Waals surface area contributed by atoms with Gasteiger partial charge in [-0.3, -0.25) is 8.37 Å². The molecule has 1 N–H and O–H groups in total. The second-order valence-electron chi connectivity index (χ2n) is 1.72. The van der Waals surface area contributed by atoms with Crippen molar-refractivity contribution in [3.8, 4) is 0 Å². The minimum absolute atomic E-state index is 0.0882. The van der Waals surface area contributed by atoms with E-state index in [1.807, 2.05) is 0 Å². The molecule has 2 atom stereocenters. The van der Waals surface area contributed by atoms with E-state index in [0.29, 0.717) is 13.0 Å². The van der Waals surface area contributed by atoms with Gasteiger partial charge in [0.25, 0.3) is 0 Å². The Morgan fingerprint density at radius 3 is 3.00 bits per heavy atom. The monoisotopic (exact) mass is 152 g/mol. The molecule has 0 saturated carbocycles. The topological polar surface area (TPSA) is 55.8 Å². The predicted molar refractivity (Wildman–Crippen MR) is 30.7 cm³/mol. The molecule has 1 fully saturated rings. The van der Waals surface area contributed by atoms with E-state index in [-0.39, 0.29) is 12.7 Å². The molecule has 0 spiro atoms. The lowest BCUT2D eigenvalue weighted by atomic mass is 10.3. The van der Waals surface area contributed by atoms with Gasteiger partial charge in [0.1, 0.15) is 6.10 Å². The fourth-order valence-corrected chi connectivity index (χ4v) is 1.22. The molecule has 0 bridgehead atoms. The van der Waals surface area contributed by atoms with Crippen molar-refractivity contribution in [1.82, 2.24) is 0 Å². The van der Waals surface area contributed by atoms with Crippen molar-refractivity contribution in [2.75, 3.05) is 13.2 Å². The first-order valence-electron chi connectivity index (χ1n) is 2.66. The Kier molecular flexibility index (Phi) is 2.59. The van der Waals surface area contributed by atoms with Gasteiger partial charge < -0.3 is 5.11 Å². The lowest BCUT2D eigenvalue weighted by Crippen LogP contribution is -2.27. The van der Waals surface area contributed by atoms with Crippen LogP contribution in [0.5, 0.6) is 0 Å². The minimum atomic E-state index is -1.63. The largest absolute Gasteiger partial charge is 0.394 e. The second-order valence-corrected chi connectivity index (χ2v) is 2.55. The summed E-state index contributed by atoms with van der Waals surface area (Å²) in [5.41, 5.74) is 0. The van der Waals surface area contributed by atoms with Crippen molar-refractivity contribution in [2.24, 2.45) is 0 Å². The number of hydrogen-bond donors (Lipinski definition) is 1. The summed E-state index contributed by atoms with van der Waals surface area (Å²) in [5.74, 6) is 0. The molecule has 1 aliphatic rings. The minimum Gasteiger partial charge on any atom is -0.394 e. The fraction of sp³-hybridized carbons (Fsp3) is 1.00. The molecule has 0 aromatic rings. The van der Waals surface area contributed by atoms with Crippen molar-refractivity contribution in [3.63, 3.8) is 0 Å². The Morgan fingerprint density at radius 2 is 2.56 bits per heavy atom. The number of rotatable bonds is 1. The van der Waals surface area contributed by atoms with Gasteiger partial charge in [-0.15, -0.1) is 0 Å². The molecule has 0 aromatic carbocycles. The molecule has 1 saturated heterocycles. The van der Waals surface area contributed by atoms with Gasteiger partial charge in [0.05, 0.1) is 13.2 Å². The fourth-order valence-electron chi connectivity index (χ4n) is 0.556. The first-order chi connectivity index (χ1) is 4.33. The number of aliphatic hydroxyl groups excluding tert-OH is 1. The van der Waals surface area contributed by atoms with Gasteiger partial charge in [-0.05, 0) is 0 Å². The predicted octanol–water partition coefficient (Wildman–Crippen LogP) is -0.637. The standard InChI is InChI=1S/C4H8O4S/c5-3-4-1-2-7-9(6)8-4/h4-5H,1-3H2. The van der Waals surface area contributed by atoms with Crippen LogP contribution in [0.2, 0.25) is 0 Å². The zero-order chi connectivity index (χ0) is 6.69. The third-order valence-electron chi connectivity index (χ3n) is 1.04. The summed E-state index contributed by atoms with van der Waals surface area (Å²) in [6.45, 7) is 0.312. The third-order valence-corrected chi connectivity index (χ3v) is 1.83. The van der Waals surface area contributed by atoms with Gasteiger partial charge in [-0.1, -0.05) is 0 Å². The normalized spacial score (nSPS) is 36.6. The van der Waals surface area contributed by atoms with Crippen LogP contribution < -0.4 is 0 Å². The van der Waals surface area contributed by atoms with Gasteiger partial charge in [-0.2, -0.15) is 4.21 Å². The molecular weight excluding hydrogens is 144 g/mol. The maximum absolute atomic E-state index is 10.4. The van der Waals surface area contributed by atoms with Crippen LogP contribution >= 0.6 is 0 Å². The Bertz CT molecular complexity index is 115. The first kappa shape index (κ1) is 7.14. The van der Waals surface area contributed by atoms with Crippen LogP contribution in [0.1, 0.15) is 6.42 Å². The molecule has 1 aliphatic heterocycles. The van der Waals surface area contributed by atoms with Gasteiger partial charge in [0, 0.05) is 6.42 Å². The van der Waals surface area contributed by atoms with Crippen LogP contribution in [0.3, 0.4) is 0 Å². The highest BCUT2D eigenvalue weighted by Gasteiger charge is 2.18.